The lowest BCUT2D eigenvalue weighted by Crippen LogP contribution is -2.26. The second kappa shape index (κ2) is 11.1. The number of benzene rings is 2. The number of halogens is 2. The van der Waals surface area contributed by atoms with Crippen LogP contribution < -0.4 is 5.56 Å². The van der Waals surface area contributed by atoms with E-state index in [0.29, 0.717) is 17.2 Å². The minimum Gasteiger partial charge on any atom is -0.493 e. The second-order valence-electron chi connectivity index (χ2n) is 8.44. The summed E-state index contributed by atoms with van der Waals surface area (Å²) in [7, 11) is -4.77. The standard InChI is InChI=1S/C27H22F2N4O5S/c1-3-38-15-23-32-26(34)24(27(35)33(23)14-18-6-4-5-17(11-18)13-30)39(36,37)19-7-8-21(22(28)12-19)20-9-10-31-25(29)16(20)2/h4-12,35H,3,14-15H2,1-2H3. The van der Waals surface area contributed by atoms with Gasteiger partial charge in [0, 0.05) is 23.9 Å². The maximum absolute atomic E-state index is 15.1. The van der Waals surface area contributed by atoms with Gasteiger partial charge in [0.1, 0.15) is 18.2 Å². The largest absolute Gasteiger partial charge is 0.493 e. The average molecular weight is 553 g/mol. The van der Waals surface area contributed by atoms with Crippen molar-refractivity contribution < 1.29 is 27.0 Å². The Morgan fingerprint density at radius 2 is 1.90 bits per heavy atom. The Labute approximate surface area is 222 Å². The molecule has 1 N–H and O–H groups in total. The summed E-state index contributed by atoms with van der Waals surface area (Å²) < 4.78 is 62.5. The van der Waals surface area contributed by atoms with Gasteiger partial charge in [0.2, 0.25) is 21.7 Å². The van der Waals surface area contributed by atoms with Gasteiger partial charge in [0.05, 0.1) is 23.1 Å². The zero-order valence-electron chi connectivity index (χ0n) is 20.9. The number of nitriles is 1. The molecule has 0 spiro atoms. The lowest BCUT2D eigenvalue weighted by Gasteiger charge is -2.17. The third-order valence-corrected chi connectivity index (χ3v) is 7.75. The molecule has 200 valence electrons. The number of aromatic hydroxyl groups is 1. The van der Waals surface area contributed by atoms with Crippen molar-refractivity contribution in [1.82, 2.24) is 14.5 Å². The number of ether oxygens (including phenoxy) is 1. The molecule has 0 aliphatic carbocycles. The number of aromatic nitrogens is 3. The summed E-state index contributed by atoms with van der Waals surface area (Å²) in [5, 5.41) is 20.3. The first-order valence-electron chi connectivity index (χ1n) is 11.6. The highest BCUT2D eigenvalue weighted by atomic mass is 32.2. The molecule has 9 nitrogen and oxygen atoms in total. The SMILES string of the molecule is CCOCc1nc(=O)c(S(=O)(=O)c2ccc(-c3ccnc(F)c3C)c(F)c2)c(O)n1Cc1cccc(C#N)c1. The minimum atomic E-state index is -4.77. The Balaban J connectivity index is 1.84. The van der Waals surface area contributed by atoms with Crippen molar-refractivity contribution in [2.45, 2.75) is 36.8 Å². The van der Waals surface area contributed by atoms with Gasteiger partial charge < -0.3 is 9.84 Å². The van der Waals surface area contributed by atoms with Crippen LogP contribution in [0.4, 0.5) is 8.78 Å². The van der Waals surface area contributed by atoms with Crippen LogP contribution in [0.25, 0.3) is 11.1 Å². The van der Waals surface area contributed by atoms with Crippen molar-refractivity contribution in [3.05, 3.63) is 99.4 Å². The van der Waals surface area contributed by atoms with Crippen molar-refractivity contribution in [1.29, 1.82) is 5.26 Å². The van der Waals surface area contributed by atoms with E-state index in [1.165, 1.54) is 19.1 Å². The molecular weight excluding hydrogens is 530 g/mol. The highest BCUT2D eigenvalue weighted by Gasteiger charge is 2.30. The molecule has 2 aromatic heterocycles. The summed E-state index contributed by atoms with van der Waals surface area (Å²) in [4.78, 5) is 18.6. The molecule has 4 aromatic rings. The Hall–Kier alpha value is -4.47. The number of hydrogen-bond donors (Lipinski definition) is 1. The number of sulfone groups is 1. The highest BCUT2D eigenvalue weighted by molar-refractivity contribution is 7.91. The fourth-order valence-corrected chi connectivity index (χ4v) is 5.36. The van der Waals surface area contributed by atoms with E-state index >= 15 is 4.39 Å². The third-order valence-electron chi connectivity index (χ3n) is 5.98. The van der Waals surface area contributed by atoms with Crippen LogP contribution >= 0.6 is 0 Å². The molecule has 0 radical (unpaired) electrons. The number of hydrogen-bond acceptors (Lipinski definition) is 8. The Kier molecular flexibility index (Phi) is 7.85. The Morgan fingerprint density at radius 3 is 2.59 bits per heavy atom. The van der Waals surface area contributed by atoms with E-state index < -0.39 is 42.8 Å². The van der Waals surface area contributed by atoms with E-state index in [1.54, 1.807) is 25.1 Å². The molecule has 2 aromatic carbocycles. The molecule has 0 fully saturated rings. The number of rotatable bonds is 8. The fourth-order valence-electron chi connectivity index (χ4n) is 4.00. The molecule has 2 heterocycles. The van der Waals surface area contributed by atoms with Crippen LogP contribution in [0.15, 0.2) is 69.3 Å². The van der Waals surface area contributed by atoms with Gasteiger partial charge in [0.25, 0.3) is 5.56 Å². The van der Waals surface area contributed by atoms with Gasteiger partial charge in [-0.15, -0.1) is 0 Å². The van der Waals surface area contributed by atoms with Crippen LogP contribution in [-0.2, 0) is 27.7 Å². The molecule has 12 heteroatoms. The molecule has 0 unspecified atom stereocenters. The van der Waals surface area contributed by atoms with Gasteiger partial charge >= 0.3 is 0 Å². The van der Waals surface area contributed by atoms with Gasteiger partial charge in [-0.1, -0.05) is 18.2 Å². The topological polar surface area (TPSA) is 135 Å². The summed E-state index contributed by atoms with van der Waals surface area (Å²) in [6.07, 6.45) is 1.16. The molecule has 4 rings (SSSR count). The minimum absolute atomic E-state index is 0.0441. The predicted octanol–water partition coefficient (Wildman–Crippen LogP) is 3.89. The third kappa shape index (κ3) is 5.41. The van der Waals surface area contributed by atoms with Crippen LogP contribution in [-0.4, -0.2) is 34.7 Å². The monoisotopic (exact) mass is 552 g/mol. The molecule has 0 amide bonds. The van der Waals surface area contributed by atoms with Gasteiger partial charge in [-0.2, -0.15) is 14.6 Å². The first-order valence-corrected chi connectivity index (χ1v) is 13.1. The first kappa shape index (κ1) is 27.6. The van der Waals surface area contributed by atoms with Gasteiger partial charge in [-0.3, -0.25) is 9.36 Å². The van der Waals surface area contributed by atoms with Crippen molar-refractivity contribution in [2.24, 2.45) is 0 Å². The number of pyridine rings is 1. The van der Waals surface area contributed by atoms with Crippen molar-refractivity contribution >= 4 is 9.84 Å². The Morgan fingerprint density at radius 1 is 1.13 bits per heavy atom. The van der Waals surface area contributed by atoms with Crippen molar-refractivity contribution in [3.8, 4) is 23.1 Å². The summed E-state index contributed by atoms with van der Waals surface area (Å²) in [6.45, 7) is 3.02. The molecule has 0 aliphatic heterocycles. The zero-order valence-corrected chi connectivity index (χ0v) is 21.7. The van der Waals surface area contributed by atoms with Crippen LogP contribution in [0.5, 0.6) is 5.88 Å². The zero-order chi connectivity index (χ0) is 28.3. The molecule has 0 saturated heterocycles. The first-order chi connectivity index (χ1) is 18.6. The van der Waals surface area contributed by atoms with E-state index in [0.717, 1.165) is 22.9 Å². The molecule has 39 heavy (non-hydrogen) atoms. The second-order valence-corrected chi connectivity index (χ2v) is 10.3. The molecule has 0 atom stereocenters. The van der Waals surface area contributed by atoms with E-state index in [2.05, 4.69) is 9.97 Å². The van der Waals surface area contributed by atoms with E-state index in [1.807, 2.05) is 6.07 Å². The average Bonchev–Trinajstić information content (AvgIpc) is 2.91. The smallest absolute Gasteiger partial charge is 0.296 e. The van der Waals surface area contributed by atoms with Gasteiger partial charge in [-0.05, 0) is 55.3 Å². The highest BCUT2D eigenvalue weighted by Crippen LogP contribution is 2.32. The predicted molar refractivity (Wildman–Crippen MR) is 136 cm³/mol. The van der Waals surface area contributed by atoms with Crippen molar-refractivity contribution in [3.63, 3.8) is 0 Å². The summed E-state index contributed by atoms with van der Waals surface area (Å²) in [6, 6.07) is 12.6. The van der Waals surface area contributed by atoms with Gasteiger partial charge in [-0.25, -0.2) is 17.8 Å². The number of nitrogens with zero attached hydrogens (tertiary/aromatic N) is 4. The summed E-state index contributed by atoms with van der Waals surface area (Å²) in [5.41, 5.74) is -0.221. The fraction of sp³-hybridized carbons (Fsp3) is 0.185. The molecule has 0 saturated carbocycles. The Bertz CT molecular complexity index is 1780. The van der Waals surface area contributed by atoms with Crippen LogP contribution in [0, 0.1) is 30.0 Å². The van der Waals surface area contributed by atoms with E-state index in [-0.39, 0.29) is 42.3 Å². The maximum Gasteiger partial charge on any atom is 0.296 e. The van der Waals surface area contributed by atoms with Crippen LogP contribution in [0.3, 0.4) is 0 Å². The maximum atomic E-state index is 15.1. The lowest BCUT2D eigenvalue weighted by atomic mass is 10.0. The van der Waals surface area contributed by atoms with Crippen molar-refractivity contribution in [2.75, 3.05) is 6.61 Å². The summed E-state index contributed by atoms with van der Waals surface area (Å²) in [5.74, 6) is -2.74. The quantitative estimate of drug-likeness (QED) is 0.325. The molecule has 0 bridgehead atoms. The van der Waals surface area contributed by atoms with E-state index in [4.69, 9.17) is 4.74 Å². The van der Waals surface area contributed by atoms with E-state index in [9.17, 15) is 28.0 Å². The lowest BCUT2D eigenvalue weighted by molar-refractivity contribution is 0.123. The normalized spacial score (nSPS) is 11.4. The van der Waals surface area contributed by atoms with Crippen LogP contribution in [0.1, 0.15) is 29.4 Å². The molecule has 0 aliphatic rings. The van der Waals surface area contributed by atoms with Gasteiger partial charge in [0.15, 0.2) is 4.90 Å². The summed E-state index contributed by atoms with van der Waals surface area (Å²) >= 11 is 0. The van der Waals surface area contributed by atoms with Crippen LogP contribution in [0.2, 0.25) is 0 Å². The molecular formula is C27H22F2N4O5S.